The largest absolute Gasteiger partial charge is 0.476 e. The summed E-state index contributed by atoms with van der Waals surface area (Å²) in [6.07, 6.45) is -3.59. The molecule has 0 aliphatic rings. The maximum atomic E-state index is 13.2. The Kier molecular flexibility index (Phi) is 5.93. The molecule has 2 heterocycles. The van der Waals surface area contributed by atoms with E-state index >= 15 is 0 Å². The maximum Gasteiger partial charge on any atom is 0.433 e. The molecule has 0 fully saturated rings. The number of rotatable bonds is 3. The van der Waals surface area contributed by atoms with Gasteiger partial charge >= 0.3 is 12.1 Å². The predicted octanol–water partition coefficient (Wildman–Crippen LogP) is 3.47. The van der Waals surface area contributed by atoms with Crippen LogP contribution in [-0.2, 0) is 6.18 Å². The van der Waals surface area contributed by atoms with Crippen LogP contribution in [0.3, 0.4) is 0 Å². The summed E-state index contributed by atoms with van der Waals surface area (Å²) in [6.45, 7) is 2.88. The highest BCUT2D eigenvalue weighted by atomic mass is 19.4. The highest BCUT2D eigenvalue weighted by molar-refractivity contribution is 5.86. The number of carboxylic acids is 1. The van der Waals surface area contributed by atoms with Crippen LogP contribution in [0.1, 0.15) is 29.5 Å². The Balaban J connectivity index is 0.000000552. The van der Waals surface area contributed by atoms with Gasteiger partial charge in [0.05, 0.1) is 5.69 Å². The monoisotopic (exact) mass is 366 g/mol. The van der Waals surface area contributed by atoms with Crippen molar-refractivity contribution in [3.63, 3.8) is 0 Å². The van der Waals surface area contributed by atoms with Crippen molar-refractivity contribution in [2.45, 2.75) is 19.5 Å². The van der Waals surface area contributed by atoms with E-state index in [1.54, 1.807) is 30.3 Å². The van der Waals surface area contributed by atoms with Crippen LogP contribution in [0.4, 0.5) is 13.2 Å². The van der Waals surface area contributed by atoms with Gasteiger partial charge in [0.25, 0.3) is 0 Å². The zero-order valence-corrected chi connectivity index (χ0v) is 13.9. The minimum absolute atomic E-state index is 0.0947. The first-order chi connectivity index (χ1) is 12.3. The Labute approximate surface area is 147 Å². The number of alkyl halides is 3. The summed E-state index contributed by atoms with van der Waals surface area (Å²) in [7, 11) is 0. The summed E-state index contributed by atoms with van der Waals surface area (Å²) >= 11 is 0. The van der Waals surface area contributed by atoms with Crippen LogP contribution >= 0.6 is 0 Å². The zero-order chi connectivity index (χ0) is 19.3. The van der Waals surface area contributed by atoms with Crippen molar-refractivity contribution in [2.75, 3.05) is 6.54 Å². The molecular weight excluding hydrogens is 349 g/mol. The lowest BCUT2D eigenvalue weighted by Crippen LogP contribution is -2.14. The molecule has 0 saturated heterocycles. The number of nitrogens with two attached hydrogens (primary N) is 1. The van der Waals surface area contributed by atoms with Gasteiger partial charge in [-0.3, -0.25) is 0 Å². The summed E-state index contributed by atoms with van der Waals surface area (Å²) in [5.41, 5.74) is 3.86. The molecule has 6 nitrogen and oxygen atoms in total. The molecule has 26 heavy (non-hydrogen) atoms. The predicted molar refractivity (Wildman–Crippen MR) is 89.7 cm³/mol. The van der Waals surface area contributed by atoms with Crippen LogP contribution in [0, 0.1) is 0 Å². The molecule has 3 aromatic rings. The Morgan fingerprint density at radius 1 is 1.23 bits per heavy atom. The number of carboxylic acid groups (broad SMARTS) is 1. The summed E-state index contributed by atoms with van der Waals surface area (Å²) in [4.78, 5) is 15.0. The number of halogens is 3. The molecule has 0 amide bonds. The van der Waals surface area contributed by atoms with E-state index in [0.717, 1.165) is 25.1 Å². The molecule has 0 saturated carbocycles. The van der Waals surface area contributed by atoms with Gasteiger partial charge in [-0.05, 0) is 19.0 Å². The number of fused-ring (bicyclic) bond motifs is 1. The molecule has 1 aromatic carbocycles. The van der Waals surface area contributed by atoms with Crippen molar-refractivity contribution in [3.8, 4) is 11.3 Å². The third-order valence-corrected chi connectivity index (χ3v) is 3.29. The van der Waals surface area contributed by atoms with Gasteiger partial charge in [-0.25, -0.2) is 14.3 Å². The normalized spacial score (nSPS) is 11.1. The van der Waals surface area contributed by atoms with Crippen LogP contribution < -0.4 is 5.73 Å². The van der Waals surface area contributed by atoms with Crippen molar-refractivity contribution < 1.29 is 23.1 Å². The molecule has 2 aromatic heterocycles. The van der Waals surface area contributed by atoms with E-state index in [4.69, 9.17) is 10.8 Å². The number of benzene rings is 1. The summed E-state index contributed by atoms with van der Waals surface area (Å²) in [5, 5.41) is 12.3. The van der Waals surface area contributed by atoms with Crippen LogP contribution in [0.15, 0.2) is 42.5 Å². The Bertz CT molecular complexity index is 890. The molecule has 0 bridgehead atoms. The maximum absolute atomic E-state index is 13.2. The van der Waals surface area contributed by atoms with Gasteiger partial charge in [-0.2, -0.15) is 18.3 Å². The van der Waals surface area contributed by atoms with E-state index < -0.39 is 23.5 Å². The van der Waals surface area contributed by atoms with Crippen LogP contribution in [0.2, 0.25) is 0 Å². The minimum atomic E-state index is -4.69. The van der Waals surface area contributed by atoms with E-state index in [0.29, 0.717) is 10.1 Å². The van der Waals surface area contributed by atoms with E-state index in [1.807, 2.05) is 0 Å². The fourth-order valence-corrected chi connectivity index (χ4v) is 2.04. The van der Waals surface area contributed by atoms with Crippen molar-refractivity contribution >= 4 is 11.6 Å². The first-order valence-electron chi connectivity index (χ1n) is 7.74. The number of aromatic carboxylic acids is 1. The molecule has 0 unspecified atom stereocenters. The lowest BCUT2D eigenvalue weighted by atomic mass is 10.1. The Morgan fingerprint density at radius 3 is 2.35 bits per heavy atom. The number of hydrogen-bond donors (Lipinski definition) is 2. The lowest BCUT2D eigenvalue weighted by molar-refractivity contribution is -0.142. The Morgan fingerprint density at radius 2 is 1.85 bits per heavy atom. The third kappa shape index (κ3) is 4.37. The van der Waals surface area contributed by atoms with Crippen LogP contribution in [0.5, 0.6) is 0 Å². The van der Waals surface area contributed by atoms with Gasteiger partial charge in [0.15, 0.2) is 17.0 Å². The molecule has 9 heteroatoms. The van der Waals surface area contributed by atoms with Crippen LogP contribution in [-0.4, -0.2) is 32.2 Å². The highest BCUT2D eigenvalue weighted by Crippen LogP contribution is 2.32. The minimum Gasteiger partial charge on any atom is -0.476 e. The first-order valence-corrected chi connectivity index (χ1v) is 7.74. The molecule has 3 N–H and O–H groups in total. The molecule has 0 atom stereocenters. The second kappa shape index (κ2) is 7.96. The molecule has 138 valence electrons. The number of nitrogens with zero attached hydrogens (tertiary/aromatic N) is 3. The third-order valence-electron chi connectivity index (χ3n) is 3.29. The van der Waals surface area contributed by atoms with Crippen LogP contribution in [0.25, 0.3) is 16.9 Å². The summed E-state index contributed by atoms with van der Waals surface area (Å²) < 4.78 is 40.1. The van der Waals surface area contributed by atoms with Gasteiger partial charge in [0.2, 0.25) is 0 Å². The van der Waals surface area contributed by atoms with Gasteiger partial charge < -0.3 is 10.8 Å². The number of carbonyl (C=O) groups is 1. The lowest BCUT2D eigenvalue weighted by Gasteiger charge is -2.10. The zero-order valence-electron chi connectivity index (χ0n) is 13.9. The van der Waals surface area contributed by atoms with E-state index in [-0.39, 0.29) is 11.3 Å². The number of hydrogen-bond acceptors (Lipinski definition) is 4. The molecular formula is C17H17F3N4O2. The molecule has 3 rings (SSSR count). The second-order valence-electron chi connectivity index (χ2n) is 5.28. The van der Waals surface area contributed by atoms with Crippen molar-refractivity contribution in [1.82, 2.24) is 14.6 Å². The smallest absolute Gasteiger partial charge is 0.433 e. The quantitative estimate of drug-likeness (QED) is 0.740. The van der Waals surface area contributed by atoms with E-state index in [9.17, 15) is 18.0 Å². The first kappa shape index (κ1) is 19.4. The standard InChI is InChI=1S/C14H8F3N3O2.C3H9N/c15-14(16,17)11-6-9(8-4-2-1-3-5-8)18-12-7-10(13(21)22)19-20(11)12;1-2-3-4/h1-7H,(H,21,22);2-4H2,1H3. The van der Waals surface area contributed by atoms with E-state index in [1.165, 1.54) is 0 Å². The number of aromatic nitrogens is 3. The SMILES string of the molecule is CCCN.O=C(O)c1cc2nc(-c3ccccc3)cc(C(F)(F)F)n2n1. The summed E-state index contributed by atoms with van der Waals surface area (Å²) in [6, 6.07) is 10.2. The molecule has 0 aliphatic heterocycles. The van der Waals surface area contributed by atoms with Gasteiger partial charge in [0, 0.05) is 11.6 Å². The van der Waals surface area contributed by atoms with Gasteiger partial charge in [0.1, 0.15) is 0 Å². The van der Waals surface area contributed by atoms with E-state index in [2.05, 4.69) is 17.0 Å². The topological polar surface area (TPSA) is 93.5 Å². The molecule has 0 radical (unpaired) electrons. The molecule has 0 aliphatic carbocycles. The van der Waals surface area contributed by atoms with Crippen molar-refractivity contribution in [3.05, 3.63) is 53.9 Å². The van der Waals surface area contributed by atoms with Gasteiger partial charge in [-0.1, -0.05) is 37.3 Å². The van der Waals surface area contributed by atoms with Crippen molar-refractivity contribution in [2.24, 2.45) is 5.73 Å². The fraction of sp³-hybridized carbons (Fsp3) is 0.235. The Hall–Kier alpha value is -2.94. The van der Waals surface area contributed by atoms with Crippen molar-refractivity contribution in [1.29, 1.82) is 0 Å². The average Bonchev–Trinajstić information content (AvgIpc) is 3.05. The van der Waals surface area contributed by atoms with Gasteiger partial charge in [-0.15, -0.1) is 0 Å². The average molecular weight is 366 g/mol. The highest BCUT2D eigenvalue weighted by Gasteiger charge is 2.35. The fourth-order valence-electron chi connectivity index (χ4n) is 2.04. The second-order valence-corrected chi connectivity index (χ2v) is 5.28. The molecule has 0 spiro atoms. The summed E-state index contributed by atoms with van der Waals surface area (Å²) in [5.74, 6) is -1.42.